The van der Waals surface area contributed by atoms with E-state index in [1.165, 1.54) is 6.07 Å². The molecule has 0 fully saturated rings. The average Bonchev–Trinajstić information content (AvgIpc) is 2.46. The molecule has 2 aromatic carbocycles. The average molecular weight is 275 g/mol. The third-order valence-corrected chi connectivity index (χ3v) is 3.06. The van der Waals surface area contributed by atoms with E-state index in [0.29, 0.717) is 0 Å². The molecule has 0 aliphatic heterocycles. The Morgan fingerprint density at radius 1 is 1.15 bits per heavy atom. The minimum atomic E-state index is -0.408. The third kappa shape index (κ3) is 3.27. The van der Waals surface area contributed by atoms with Crippen LogP contribution in [0.15, 0.2) is 42.5 Å². The fourth-order valence-electron chi connectivity index (χ4n) is 1.90. The Hall–Kier alpha value is -2.07. The molecule has 106 valence electrons. The standard InChI is InChI=1S/C16H18FNO2/c1-11(18)12-7-8-16(14(17)9-12)20-10-13-5-3-4-6-15(13)19-2/h3-9,11H,10,18H2,1-2H3/t11-/m0/s1. The van der Waals surface area contributed by atoms with Gasteiger partial charge in [0.25, 0.3) is 0 Å². The van der Waals surface area contributed by atoms with Crippen LogP contribution in [0.3, 0.4) is 0 Å². The summed E-state index contributed by atoms with van der Waals surface area (Å²) in [4.78, 5) is 0. The third-order valence-electron chi connectivity index (χ3n) is 3.06. The highest BCUT2D eigenvalue weighted by Gasteiger charge is 2.09. The van der Waals surface area contributed by atoms with Gasteiger partial charge in [-0.1, -0.05) is 24.3 Å². The molecule has 0 spiro atoms. The van der Waals surface area contributed by atoms with Crippen LogP contribution >= 0.6 is 0 Å². The van der Waals surface area contributed by atoms with Crippen molar-refractivity contribution < 1.29 is 13.9 Å². The van der Waals surface area contributed by atoms with Gasteiger partial charge in [-0.3, -0.25) is 0 Å². The van der Waals surface area contributed by atoms with E-state index in [1.54, 1.807) is 19.2 Å². The Morgan fingerprint density at radius 3 is 2.55 bits per heavy atom. The van der Waals surface area contributed by atoms with Gasteiger partial charge in [0.15, 0.2) is 11.6 Å². The van der Waals surface area contributed by atoms with Crippen LogP contribution in [-0.4, -0.2) is 7.11 Å². The summed E-state index contributed by atoms with van der Waals surface area (Å²) in [5.74, 6) is 0.523. The van der Waals surface area contributed by atoms with Gasteiger partial charge < -0.3 is 15.2 Å². The van der Waals surface area contributed by atoms with Crippen molar-refractivity contribution in [3.8, 4) is 11.5 Å². The van der Waals surface area contributed by atoms with Gasteiger partial charge in [-0.25, -0.2) is 4.39 Å². The number of para-hydroxylation sites is 1. The summed E-state index contributed by atoms with van der Waals surface area (Å²) in [5.41, 5.74) is 7.32. The van der Waals surface area contributed by atoms with E-state index in [1.807, 2.05) is 31.2 Å². The quantitative estimate of drug-likeness (QED) is 0.909. The van der Waals surface area contributed by atoms with E-state index in [0.717, 1.165) is 16.9 Å². The number of methoxy groups -OCH3 is 1. The van der Waals surface area contributed by atoms with Crippen LogP contribution in [0.5, 0.6) is 11.5 Å². The van der Waals surface area contributed by atoms with Gasteiger partial charge in [-0.15, -0.1) is 0 Å². The van der Waals surface area contributed by atoms with Crippen molar-refractivity contribution in [3.05, 3.63) is 59.4 Å². The van der Waals surface area contributed by atoms with Crippen molar-refractivity contribution >= 4 is 0 Å². The van der Waals surface area contributed by atoms with Crippen molar-refractivity contribution in [1.29, 1.82) is 0 Å². The second-order valence-corrected chi connectivity index (χ2v) is 4.58. The minimum Gasteiger partial charge on any atom is -0.496 e. The lowest BCUT2D eigenvalue weighted by Crippen LogP contribution is -2.06. The van der Waals surface area contributed by atoms with Crippen LogP contribution in [0.2, 0.25) is 0 Å². The maximum atomic E-state index is 13.9. The van der Waals surface area contributed by atoms with Crippen molar-refractivity contribution in [2.24, 2.45) is 5.73 Å². The predicted octanol–water partition coefficient (Wildman–Crippen LogP) is 3.43. The maximum Gasteiger partial charge on any atom is 0.165 e. The number of halogens is 1. The van der Waals surface area contributed by atoms with Gasteiger partial charge in [0.2, 0.25) is 0 Å². The minimum absolute atomic E-state index is 0.201. The largest absolute Gasteiger partial charge is 0.496 e. The van der Waals surface area contributed by atoms with Crippen LogP contribution in [0.25, 0.3) is 0 Å². The normalized spacial score (nSPS) is 12.0. The lowest BCUT2D eigenvalue weighted by Gasteiger charge is -2.12. The van der Waals surface area contributed by atoms with Gasteiger partial charge in [-0.2, -0.15) is 0 Å². The molecule has 2 N–H and O–H groups in total. The molecule has 20 heavy (non-hydrogen) atoms. The van der Waals surface area contributed by atoms with Crippen molar-refractivity contribution in [2.45, 2.75) is 19.6 Å². The first-order valence-corrected chi connectivity index (χ1v) is 6.41. The summed E-state index contributed by atoms with van der Waals surface area (Å²) in [5, 5.41) is 0. The Morgan fingerprint density at radius 2 is 1.90 bits per heavy atom. The first-order chi connectivity index (χ1) is 9.61. The second-order valence-electron chi connectivity index (χ2n) is 4.58. The highest BCUT2D eigenvalue weighted by atomic mass is 19.1. The topological polar surface area (TPSA) is 44.5 Å². The molecule has 1 atom stereocenters. The van der Waals surface area contributed by atoms with E-state index in [9.17, 15) is 4.39 Å². The van der Waals surface area contributed by atoms with E-state index in [-0.39, 0.29) is 18.4 Å². The number of nitrogens with two attached hydrogens (primary N) is 1. The Balaban J connectivity index is 2.11. The zero-order valence-corrected chi connectivity index (χ0v) is 11.6. The first-order valence-electron chi connectivity index (χ1n) is 6.41. The molecule has 0 saturated carbocycles. The zero-order valence-electron chi connectivity index (χ0n) is 11.6. The Labute approximate surface area is 118 Å². The van der Waals surface area contributed by atoms with E-state index < -0.39 is 5.82 Å². The van der Waals surface area contributed by atoms with Gasteiger partial charge in [0.05, 0.1) is 7.11 Å². The van der Waals surface area contributed by atoms with Crippen LogP contribution < -0.4 is 15.2 Å². The highest BCUT2D eigenvalue weighted by molar-refractivity contribution is 5.34. The van der Waals surface area contributed by atoms with Crippen molar-refractivity contribution in [3.63, 3.8) is 0 Å². The number of hydrogen-bond acceptors (Lipinski definition) is 3. The van der Waals surface area contributed by atoms with E-state index in [2.05, 4.69) is 0 Å². The SMILES string of the molecule is COc1ccccc1COc1ccc([C@H](C)N)cc1F. The number of benzene rings is 2. The molecule has 0 aromatic heterocycles. The molecular formula is C16H18FNO2. The molecule has 0 unspecified atom stereocenters. The Bertz CT molecular complexity index is 584. The molecule has 4 heteroatoms. The number of rotatable bonds is 5. The molecule has 0 radical (unpaired) electrons. The number of ether oxygens (including phenoxy) is 2. The molecule has 3 nitrogen and oxygen atoms in total. The van der Waals surface area contributed by atoms with Gasteiger partial charge in [0, 0.05) is 11.6 Å². The van der Waals surface area contributed by atoms with Crippen LogP contribution in [0.4, 0.5) is 4.39 Å². The molecule has 2 rings (SSSR count). The second kappa shape index (κ2) is 6.39. The van der Waals surface area contributed by atoms with Crippen LogP contribution in [0.1, 0.15) is 24.1 Å². The summed E-state index contributed by atoms with van der Waals surface area (Å²) in [6.45, 7) is 2.06. The summed E-state index contributed by atoms with van der Waals surface area (Å²) in [6.07, 6.45) is 0. The van der Waals surface area contributed by atoms with Gasteiger partial charge >= 0.3 is 0 Å². The monoisotopic (exact) mass is 275 g/mol. The summed E-state index contributed by atoms with van der Waals surface area (Å²) in [7, 11) is 1.59. The van der Waals surface area contributed by atoms with Crippen LogP contribution in [-0.2, 0) is 6.61 Å². The molecule has 0 aliphatic rings. The van der Waals surface area contributed by atoms with Crippen molar-refractivity contribution in [1.82, 2.24) is 0 Å². The molecule has 0 saturated heterocycles. The predicted molar refractivity (Wildman–Crippen MR) is 76.3 cm³/mol. The van der Waals surface area contributed by atoms with Gasteiger partial charge in [0.1, 0.15) is 12.4 Å². The fourth-order valence-corrected chi connectivity index (χ4v) is 1.90. The van der Waals surface area contributed by atoms with Crippen molar-refractivity contribution in [2.75, 3.05) is 7.11 Å². The maximum absolute atomic E-state index is 13.9. The summed E-state index contributed by atoms with van der Waals surface area (Å²) >= 11 is 0. The Kier molecular flexibility index (Phi) is 4.58. The van der Waals surface area contributed by atoms with Crippen LogP contribution in [0, 0.1) is 5.82 Å². The molecule has 0 aliphatic carbocycles. The smallest absolute Gasteiger partial charge is 0.165 e. The fraction of sp³-hybridized carbons (Fsp3) is 0.250. The first kappa shape index (κ1) is 14.3. The summed E-state index contributed by atoms with van der Waals surface area (Å²) in [6, 6.07) is 12.1. The lowest BCUT2D eigenvalue weighted by molar-refractivity contribution is 0.282. The molecule has 2 aromatic rings. The van der Waals surface area contributed by atoms with E-state index in [4.69, 9.17) is 15.2 Å². The molecule has 0 bridgehead atoms. The lowest BCUT2D eigenvalue weighted by atomic mass is 10.1. The summed E-state index contributed by atoms with van der Waals surface area (Å²) < 4.78 is 24.6. The number of hydrogen-bond donors (Lipinski definition) is 1. The van der Waals surface area contributed by atoms with Gasteiger partial charge in [-0.05, 0) is 30.7 Å². The zero-order chi connectivity index (χ0) is 14.5. The van der Waals surface area contributed by atoms with E-state index >= 15 is 0 Å². The molecule has 0 heterocycles. The molecular weight excluding hydrogens is 257 g/mol. The highest BCUT2D eigenvalue weighted by Crippen LogP contribution is 2.24. The molecule has 0 amide bonds.